The van der Waals surface area contributed by atoms with Crippen LogP contribution in [0, 0.1) is 0 Å². The average molecular weight is 170 g/mol. The van der Waals surface area contributed by atoms with E-state index in [1.54, 1.807) is 19.2 Å². The molecule has 0 radical (unpaired) electrons. The summed E-state index contributed by atoms with van der Waals surface area (Å²) in [5.41, 5.74) is 0.884. The molecule has 0 amide bonds. The summed E-state index contributed by atoms with van der Waals surface area (Å²) >= 11 is 0. The molecule has 1 atom stereocenters. The average Bonchev–Trinajstić information content (AvgIpc) is 2.05. The predicted molar refractivity (Wildman–Crippen MR) is 48.1 cm³/mol. The molecule has 0 aliphatic heterocycles. The topological polar surface area (TPSA) is 29.5 Å². The van der Waals surface area contributed by atoms with Gasteiger partial charge in [0.05, 0.1) is 7.11 Å². The van der Waals surface area contributed by atoms with Crippen LogP contribution in [0.25, 0.3) is 0 Å². The van der Waals surface area contributed by atoms with Gasteiger partial charge in [0.15, 0.2) is 0 Å². The summed E-state index contributed by atoms with van der Waals surface area (Å²) in [5.74, 6) is 1.10. The van der Waals surface area contributed by atoms with E-state index < -0.39 is 0 Å². The van der Waals surface area contributed by atoms with Crippen LogP contribution < -0.4 is 4.74 Å². The second-order valence-electron chi connectivity index (χ2n) is 2.20. The van der Waals surface area contributed by atoms with Crippen LogP contribution in [0.1, 0.15) is 5.56 Å². The molecule has 1 N–H and O–H groups in total. The van der Waals surface area contributed by atoms with Crippen LogP contribution in [0.4, 0.5) is 0 Å². The van der Waals surface area contributed by atoms with Gasteiger partial charge in [-0.05, 0) is 24.4 Å². The van der Waals surface area contributed by atoms with Gasteiger partial charge in [-0.15, -0.1) is 9.24 Å². The Morgan fingerprint density at radius 3 is 2.82 bits per heavy atom. The van der Waals surface area contributed by atoms with Crippen molar-refractivity contribution in [1.29, 1.82) is 0 Å². The Kier molecular flexibility index (Phi) is 2.72. The molecule has 1 aromatic rings. The largest absolute Gasteiger partial charge is 0.508 e. The zero-order valence-electron chi connectivity index (χ0n) is 6.37. The fourth-order valence-corrected chi connectivity index (χ4v) is 1.18. The first-order valence-corrected chi connectivity index (χ1v) is 4.15. The number of phenols is 1. The Hall–Kier alpha value is -0.750. The lowest BCUT2D eigenvalue weighted by atomic mass is 10.2. The van der Waals surface area contributed by atoms with E-state index in [0.29, 0.717) is 5.75 Å². The predicted octanol–water partition coefficient (Wildman–Crippen LogP) is 1.78. The Balaban J connectivity index is 3.02. The third-order valence-corrected chi connectivity index (χ3v) is 1.95. The van der Waals surface area contributed by atoms with Gasteiger partial charge in [0.25, 0.3) is 0 Å². The molecule has 0 aliphatic rings. The highest BCUT2D eigenvalue weighted by molar-refractivity contribution is 7.15. The van der Waals surface area contributed by atoms with E-state index >= 15 is 0 Å². The van der Waals surface area contributed by atoms with Crippen LogP contribution >= 0.6 is 9.24 Å². The van der Waals surface area contributed by atoms with Gasteiger partial charge in [0.1, 0.15) is 11.5 Å². The molecule has 0 saturated heterocycles. The number of rotatable bonds is 2. The van der Waals surface area contributed by atoms with Crippen molar-refractivity contribution in [3.63, 3.8) is 0 Å². The molecule has 0 bridgehead atoms. The quantitative estimate of drug-likeness (QED) is 0.685. The number of hydrogen-bond acceptors (Lipinski definition) is 2. The molecule has 0 aliphatic carbocycles. The van der Waals surface area contributed by atoms with Crippen molar-refractivity contribution in [2.45, 2.75) is 6.16 Å². The first kappa shape index (κ1) is 8.35. The number of hydrogen-bond donors (Lipinski definition) is 1. The van der Waals surface area contributed by atoms with E-state index in [1.807, 2.05) is 6.07 Å². The zero-order chi connectivity index (χ0) is 8.27. The lowest BCUT2D eigenvalue weighted by molar-refractivity contribution is 0.411. The maximum absolute atomic E-state index is 9.26. The second-order valence-corrected chi connectivity index (χ2v) is 2.61. The Morgan fingerprint density at radius 1 is 1.55 bits per heavy atom. The molecule has 0 saturated carbocycles. The molecule has 0 heterocycles. The van der Waals surface area contributed by atoms with Crippen LogP contribution in [-0.4, -0.2) is 12.2 Å². The summed E-state index contributed by atoms with van der Waals surface area (Å²) in [7, 11) is 4.17. The van der Waals surface area contributed by atoms with Crippen molar-refractivity contribution in [2.24, 2.45) is 0 Å². The molecule has 2 nitrogen and oxygen atoms in total. The molecule has 11 heavy (non-hydrogen) atoms. The SMILES string of the molecule is COc1ccc(O)c(CP)c1. The Morgan fingerprint density at radius 2 is 2.27 bits per heavy atom. The summed E-state index contributed by atoms with van der Waals surface area (Å²) < 4.78 is 4.99. The van der Waals surface area contributed by atoms with Gasteiger partial charge in [-0.3, -0.25) is 0 Å². The fourth-order valence-electron chi connectivity index (χ4n) is 0.852. The minimum atomic E-state index is 0.320. The maximum Gasteiger partial charge on any atom is 0.119 e. The summed E-state index contributed by atoms with van der Waals surface area (Å²) in [5, 5.41) is 9.26. The van der Waals surface area contributed by atoms with E-state index in [9.17, 15) is 5.11 Å². The van der Waals surface area contributed by atoms with E-state index in [4.69, 9.17) is 4.74 Å². The van der Waals surface area contributed by atoms with E-state index in [0.717, 1.165) is 17.5 Å². The minimum absolute atomic E-state index is 0.320. The standard InChI is InChI=1S/C8H11O2P/c1-10-7-2-3-8(9)6(4-7)5-11/h2-4,9H,5,11H2,1H3. The summed E-state index contributed by atoms with van der Waals surface area (Å²) in [6.45, 7) is 0. The smallest absolute Gasteiger partial charge is 0.119 e. The molecule has 0 spiro atoms. The van der Waals surface area contributed by atoms with Crippen LogP contribution in [0.3, 0.4) is 0 Å². The highest BCUT2D eigenvalue weighted by Gasteiger charge is 1.99. The van der Waals surface area contributed by atoms with E-state index in [-0.39, 0.29) is 0 Å². The number of aromatic hydroxyl groups is 1. The lowest BCUT2D eigenvalue weighted by Crippen LogP contribution is -1.84. The first-order valence-electron chi connectivity index (χ1n) is 3.34. The summed E-state index contributed by atoms with van der Waals surface area (Å²) in [6.07, 6.45) is 0.739. The third kappa shape index (κ3) is 1.84. The van der Waals surface area contributed by atoms with Gasteiger partial charge in [-0.25, -0.2) is 0 Å². The van der Waals surface area contributed by atoms with Crippen LogP contribution in [-0.2, 0) is 6.16 Å². The van der Waals surface area contributed by atoms with Crippen LogP contribution in [0.2, 0.25) is 0 Å². The van der Waals surface area contributed by atoms with Crippen molar-refractivity contribution in [3.8, 4) is 11.5 Å². The van der Waals surface area contributed by atoms with Gasteiger partial charge in [0.2, 0.25) is 0 Å². The second kappa shape index (κ2) is 3.59. The van der Waals surface area contributed by atoms with Crippen LogP contribution in [0.15, 0.2) is 18.2 Å². The molecule has 0 aromatic heterocycles. The Labute approximate surface area is 68.4 Å². The highest BCUT2D eigenvalue weighted by Crippen LogP contribution is 2.24. The molecule has 60 valence electrons. The van der Waals surface area contributed by atoms with Crippen molar-refractivity contribution in [1.82, 2.24) is 0 Å². The molecule has 1 rings (SSSR count). The number of methoxy groups -OCH3 is 1. The van der Waals surface area contributed by atoms with Crippen molar-refractivity contribution < 1.29 is 9.84 Å². The zero-order valence-corrected chi connectivity index (χ0v) is 7.53. The monoisotopic (exact) mass is 170 g/mol. The normalized spacial score (nSPS) is 9.64. The molecule has 1 aromatic carbocycles. The Bertz CT molecular complexity index is 248. The van der Waals surface area contributed by atoms with Gasteiger partial charge in [-0.2, -0.15) is 0 Å². The van der Waals surface area contributed by atoms with Gasteiger partial charge >= 0.3 is 0 Å². The molecule has 1 unspecified atom stereocenters. The molecular weight excluding hydrogens is 159 g/mol. The third-order valence-electron chi connectivity index (χ3n) is 1.51. The fraction of sp³-hybridized carbons (Fsp3) is 0.250. The van der Waals surface area contributed by atoms with Crippen LogP contribution in [0.5, 0.6) is 11.5 Å². The molecule has 0 fully saturated rings. The van der Waals surface area contributed by atoms with E-state index in [1.165, 1.54) is 0 Å². The van der Waals surface area contributed by atoms with Crippen molar-refractivity contribution in [2.75, 3.05) is 7.11 Å². The van der Waals surface area contributed by atoms with E-state index in [2.05, 4.69) is 9.24 Å². The maximum atomic E-state index is 9.26. The minimum Gasteiger partial charge on any atom is -0.508 e. The molecular formula is C8H11O2P. The number of phenolic OH excluding ortho intramolecular Hbond substituents is 1. The summed E-state index contributed by atoms with van der Waals surface area (Å²) in [4.78, 5) is 0. The number of benzene rings is 1. The van der Waals surface area contributed by atoms with Crippen molar-refractivity contribution in [3.05, 3.63) is 23.8 Å². The van der Waals surface area contributed by atoms with Gasteiger partial charge < -0.3 is 9.84 Å². The highest BCUT2D eigenvalue weighted by atomic mass is 31.0. The molecule has 3 heteroatoms. The van der Waals surface area contributed by atoms with Crippen molar-refractivity contribution >= 4 is 9.24 Å². The number of ether oxygens (including phenoxy) is 1. The first-order chi connectivity index (χ1) is 5.27. The summed E-state index contributed by atoms with van der Waals surface area (Å²) in [6, 6.07) is 5.19. The van der Waals surface area contributed by atoms with Gasteiger partial charge in [-0.1, -0.05) is 0 Å². The lowest BCUT2D eigenvalue weighted by Gasteiger charge is -2.03. The van der Waals surface area contributed by atoms with Gasteiger partial charge in [0, 0.05) is 5.56 Å².